The summed E-state index contributed by atoms with van der Waals surface area (Å²) in [5.41, 5.74) is -4.05. The van der Waals surface area contributed by atoms with Crippen LogP contribution in [0.4, 0.5) is 35.1 Å². The van der Waals surface area contributed by atoms with Crippen molar-refractivity contribution in [3.63, 3.8) is 0 Å². The Morgan fingerprint density at radius 1 is 0.760 bits per heavy atom. The molecule has 25 heavy (non-hydrogen) atoms. The van der Waals surface area contributed by atoms with Gasteiger partial charge in [-0.05, 0) is 24.3 Å². The fraction of sp³-hybridized carbons (Fsp3) is 0.133. The number of ether oxygens (including phenoxy) is 1. The minimum absolute atomic E-state index is 0.136. The highest BCUT2D eigenvalue weighted by Crippen LogP contribution is 2.39. The lowest BCUT2D eigenvalue weighted by Crippen LogP contribution is -2.11. The largest absolute Gasteiger partial charge is 0.454 e. The molecule has 0 atom stereocenters. The van der Waals surface area contributed by atoms with Crippen LogP contribution in [0.3, 0.4) is 0 Å². The molecule has 0 aliphatic heterocycles. The summed E-state index contributed by atoms with van der Waals surface area (Å²) in [6, 6.07) is 2.36. The molecule has 10 heteroatoms. The summed E-state index contributed by atoms with van der Waals surface area (Å²) in [5, 5.41) is 8.53. The highest BCUT2D eigenvalue weighted by atomic mass is 19.4. The van der Waals surface area contributed by atoms with Crippen LogP contribution in [-0.4, -0.2) is 0 Å². The molecule has 0 aliphatic carbocycles. The van der Waals surface area contributed by atoms with E-state index in [0.717, 1.165) is 0 Å². The highest BCUT2D eigenvalue weighted by molar-refractivity contribution is 5.43. The summed E-state index contributed by atoms with van der Waals surface area (Å²) in [6.45, 7) is 0. The Morgan fingerprint density at radius 3 is 1.72 bits per heavy atom. The standard InChI is InChI=1S/C15H5F8NO/c16-11-5-13(12(17)1-7(11)6-24)25-10-3-8(14(18,19)20)2-9(4-10)15(21,22)23/h1-5H. The summed E-state index contributed by atoms with van der Waals surface area (Å²) in [5.74, 6) is -4.54. The van der Waals surface area contributed by atoms with Crippen LogP contribution in [0.2, 0.25) is 0 Å². The molecule has 0 radical (unpaired) electrons. The zero-order valence-electron chi connectivity index (χ0n) is 11.8. The van der Waals surface area contributed by atoms with Crippen LogP contribution in [0.15, 0.2) is 30.3 Å². The van der Waals surface area contributed by atoms with E-state index in [4.69, 9.17) is 5.26 Å². The van der Waals surface area contributed by atoms with Gasteiger partial charge in [0.2, 0.25) is 0 Å². The summed E-state index contributed by atoms with van der Waals surface area (Å²) >= 11 is 0. The van der Waals surface area contributed by atoms with Gasteiger partial charge in [0, 0.05) is 6.07 Å². The zero-order valence-corrected chi connectivity index (χ0v) is 11.8. The predicted molar refractivity (Wildman–Crippen MR) is 67.6 cm³/mol. The monoisotopic (exact) mass is 367 g/mol. The van der Waals surface area contributed by atoms with Crippen molar-refractivity contribution in [2.45, 2.75) is 12.4 Å². The van der Waals surface area contributed by atoms with Crippen LogP contribution in [0, 0.1) is 23.0 Å². The van der Waals surface area contributed by atoms with Crippen molar-refractivity contribution in [3.8, 4) is 17.6 Å². The van der Waals surface area contributed by atoms with Gasteiger partial charge in [-0.15, -0.1) is 0 Å². The van der Waals surface area contributed by atoms with E-state index < -0.39 is 52.2 Å². The SMILES string of the molecule is N#Cc1cc(F)c(Oc2cc(C(F)(F)F)cc(C(F)(F)F)c2)cc1F. The Kier molecular flexibility index (Phi) is 4.61. The van der Waals surface area contributed by atoms with E-state index in [1.54, 1.807) is 0 Å². The van der Waals surface area contributed by atoms with Gasteiger partial charge in [0.15, 0.2) is 11.6 Å². The number of benzene rings is 2. The molecular weight excluding hydrogens is 362 g/mol. The van der Waals surface area contributed by atoms with Crippen molar-refractivity contribution in [1.82, 2.24) is 0 Å². The second kappa shape index (κ2) is 6.23. The van der Waals surface area contributed by atoms with Crippen LogP contribution in [0.25, 0.3) is 0 Å². The molecule has 2 aromatic rings. The first-order valence-corrected chi connectivity index (χ1v) is 6.28. The number of alkyl halides is 6. The van der Waals surface area contributed by atoms with Gasteiger partial charge < -0.3 is 4.74 Å². The second-order valence-electron chi connectivity index (χ2n) is 4.72. The number of hydrogen-bond donors (Lipinski definition) is 0. The van der Waals surface area contributed by atoms with Crippen molar-refractivity contribution in [2.24, 2.45) is 0 Å². The molecule has 2 aromatic carbocycles. The lowest BCUT2D eigenvalue weighted by atomic mass is 10.1. The molecule has 0 aliphatic rings. The zero-order chi connectivity index (χ0) is 19.0. The molecule has 0 aromatic heterocycles. The third-order valence-corrected chi connectivity index (χ3v) is 2.93. The molecule has 132 valence electrons. The van der Waals surface area contributed by atoms with Gasteiger partial charge in [-0.3, -0.25) is 0 Å². The summed E-state index contributed by atoms with van der Waals surface area (Å²) in [6.07, 6.45) is -10.2. The van der Waals surface area contributed by atoms with Crippen LogP contribution in [0.5, 0.6) is 11.5 Å². The third-order valence-electron chi connectivity index (χ3n) is 2.93. The lowest BCUT2D eigenvalue weighted by Gasteiger charge is -2.15. The van der Waals surface area contributed by atoms with Gasteiger partial charge >= 0.3 is 12.4 Å². The summed E-state index contributed by atoms with van der Waals surface area (Å²) in [4.78, 5) is 0. The van der Waals surface area contributed by atoms with Crippen LogP contribution < -0.4 is 4.74 Å². The second-order valence-corrected chi connectivity index (χ2v) is 4.72. The van der Waals surface area contributed by atoms with Gasteiger partial charge in [0.05, 0.1) is 16.7 Å². The summed E-state index contributed by atoms with van der Waals surface area (Å²) < 4.78 is 108. The summed E-state index contributed by atoms with van der Waals surface area (Å²) in [7, 11) is 0. The number of nitrogens with zero attached hydrogens (tertiary/aromatic N) is 1. The first kappa shape index (κ1) is 18.5. The average molecular weight is 367 g/mol. The van der Waals surface area contributed by atoms with Crippen molar-refractivity contribution in [1.29, 1.82) is 5.26 Å². The first-order valence-electron chi connectivity index (χ1n) is 6.28. The van der Waals surface area contributed by atoms with Crippen molar-refractivity contribution < 1.29 is 39.9 Å². The molecule has 0 heterocycles. The lowest BCUT2D eigenvalue weighted by molar-refractivity contribution is -0.143. The normalized spacial score (nSPS) is 12.0. The molecule has 0 fully saturated rings. The molecule has 0 amide bonds. The Balaban J connectivity index is 2.53. The number of halogens is 8. The van der Waals surface area contributed by atoms with Gasteiger partial charge in [-0.1, -0.05) is 0 Å². The highest BCUT2D eigenvalue weighted by Gasteiger charge is 2.37. The van der Waals surface area contributed by atoms with Crippen molar-refractivity contribution in [3.05, 3.63) is 58.7 Å². The quantitative estimate of drug-likeness (QED) is 0.641. The van der Waals surface area contributed by atoms with E-state index in [0.29, 0.717) is 12.1 Å². The van der Waals surface area contributed by atoms with E-state index in [1.807, 2.05) is 0 Å². The fourth-order valence-electron chi connectivity index (χ4n) is 1.80. The van der Waals surface area contributed by atoms with Gasteiger partial charge in [-0.25, -0.2) is 8.78 Å². The number of rotatable bonds is 2. The molecular formula is C15H5F8NO. The maximum atomic E-state index is 13.7. The Hall–Kier alpha value is -2.83. The van der Waals surface area contributed by atoms with Gasteiger partial charge in [-0.2, -0.15) is 31.6 Å². The van der Waals surface area contributed by atoms with Crippen LogP contribution in [0.1, 0.15) is 16.7 Å². The van der Waals surface area contributed by atoms with Gasteiger partial charge in [0.25, 0.3) is 0 Å². The van der Waals surface area contributed by atoms with Crippen molar-refractivity contribution in [2.75, 3.05) is 0 Å². The van der Waals surface area contributed by atoms with Crippen LogP contribution >= 0.6 is 0 Å². The Morgan fingerprint density at radius 2 is 1.28 bits per heavy atom. The van der Waals surface area contributed by atoms with E-state index in [-0.39, 0.29) is 18.2 Å². The maximum Gasteiger partial charge on any atom is 0.416 e. The number of nitriles is 1. The van der Waals surface area contributed by atoms with Gasteiger partial charge in [0.1, 0.15) is 17.6 Å². The minimum atomic E-state index is -5.12. The average Bonchev–Trinajstić information content (AvgIpc) is 2.48. The van der Waals surface area contributed by atoms with Crippen LogP contribution in [-0.2, 0) is 12.4 Å². The molecule has 0 saturated carbocycles. The minimum Gasteiger partial charge on any atom is -0.454 e. The molecule has 0 bridgehead atoms. The molecule has 0 unspecified atom stereocenters. The van der Waals surface area contributed by atoms with Crippen molar-refractivity contribution >= 4 is 0 Å². The third kappa shape index (κ3) is 4.17. The van der Waals surface area contributed by atoms with E-state index in [1.165, 1.54) is 6.07 Å². The molecule has 0 N–H and O–H groups in total. The molecule has 2 rings (SSSR count). The smallest absolute Gasteiger partial charge is 0.416 e. The maximum absolute atomic E-state index is 13.7. The topological polar surface area (TPSA) is 33.0 Å². The Bertz CT molecular complexity index is 816. The predicted octanol–water partition coefficient (Wildman–Crippen LogP) is 5.67. The first-order chi connectivity index (χ1) is 11.4. The van der Waals surface area contributed by atoms with E-state index in [9.17, 15) is 35.1 Å². The van der Waals surface area contributed by atoms with E-state index >= 15 is 0 Å². The molecule has 0 spiro atoms. The molecule has 2 nitrogen and oxygen atoms in total. The fourth-order valence-corrected chi connectivity index (χ4v) is 1.80. The molecule has 0 saturated heterocycles. The Labute approximate surface area is 134 Å². The van der Waals surface area contributed by atoms with E-state index in [2.05, 4.69) is 4.74 Å². The number of hydrogen-bond acceptors (Lipinski definition) is 2.